The number of sulfonamides is 1. The molecule has 0 aromatic heterocycles. The number of anilines is 1. The van der Waals surface area contributed by atoms with Crippen molar-refractivity contribution < 1.29 is 17.9 Å². The summed E-state index contributed by atoms with van der Waals surface area (Å²) in [5.41, 5.74) is 3.44. The summed E-state index contributed by atoms with van der Waals surface area (Å²) in [7, 11) is -1.86. The Bertz CT molecular complexity index is 893. The zero-order valence-electron chi connectivity index (χ0n) is 16.2. The van der Waals surface area contributed by atoms with Crippen LogP contribution in [0.25, 0.3) is 0 Å². The van der Waals surface area contributed by atoms with E-state index in [9.17, 15) is 13.2 Å². The van der Waals surface area contributed by atoms with Crippen molar-refractivity contribution in [2.45, 2.75) is 20.3 Å². The van der Waals surface area contributed by atoms with Gasteiger partial charge in [-0.1, -0.05) is 29.8 Å². The second-order valence-corrected chi connectivity index (χ2v) is 8.41. The van der Waals surface area contributed by atoms with E-state index in [0.29, 0.717) is 5.69 Å². The molecule has 1 N–H and O–H groups in total. The van der Waals surface area contributed by atoms with E-state index in [1.54, 1.807) is 25.3 Å². The first-order valence-corrected chi connectivity index (χ1v) is 10.5. The minimum atomic E-state index is -3.45. The number of benzene rings is 2. The highest BCUT2D eigenvalue weighted by atomic mass is 32.2. The smallest absolute Gasteiger partial charge is 0.232 e. The second-order valence-electron chi connectivity index (χ2n) is 6.50. The first-order chi connectivity index (χ1) is 12.7. The molecule has 6 nitrogen and oxygen atoms in total. The Morgan fingerprint density at radius 2 is 1.78 bits per heavy atom. The molecule has 0 heterocycles. The van der Waals surface area contributed by atoms with Crippen LogP contribution in [0, 0.1) is 13.8 Å². The van der Waals surface area contributed by atoms with Gasteiger partial charge in [0.1, 0.15) is 5.75 Å². The van der Waals surface area contributed by atoms with E-state index in [1.807, 2.05) is 38.1 Å². The first kappa shape index (κ1) is 20.8. The van der Waals surface area contributed by atoms with Gasteiger partial charge in [0.05, 0.1) is 32.0 Å². The van der Waals surface area contributed by atoms with E-state index in [2.05, 4.69) is 5.32 Å². The third-order valence-corrected chi connectivity index (χ3v) is 5.36. The fraction of sp³-hybridized carbons (Fsp3) is 0.350. The summed E-state index contributed by atoms with van der Waals surface area (Å²) < 4.78 is 30.8. The van der Waals surface area contributed by atoms with E-state index >= 15 is 0 Å². The van der Waals surface area contributed by atoms with Crippen LogP contribution in [0.4, 0.5) is 5.69 Å². The van der Waals surface area contributed by atoms with Gasteiger partial charge in [0, 0.05) is 6.54 Å². The van der Waals surface area contributed by atoms with Crippen molar-refractivity contribution >= 4 is 21.6 Å². The normalized spacial score (nSPS) is 11.1. The van der Waals surface area contributed by atoms with Crippen LogP contribution in [0.3, 0.4) is 0 Å². The minimum absolute atomic E-state index is 0.158. The number of aryl methyl sites for hydroxylation is 2. The fourth-order valence-electron chi connectivity index (χ4n) is 2.84. The summed E-state index contributed by atoms with van der Waals surface area (Å²) in [5.74, 6) is 0.575. The van der Waals surface area contributed by atoms with Gasteiger partial charge < -0.3 is 10.1 Å². The van der Waals surface area contributed by atoms with Crippen molar-refractivity contribution in [1.82, 2.24) is 5.32 Å². The maximum absolute atomic E-state index is 12.2. The third-order valence-electron chi connectivity index (χ3n) is 4.18. The molecule has 0 aliphatic heterocycles. The number of hydrogen-bond donors (Lipinski definition) is 1. The minimum Gasteiger partial charge on any atom is -0.497 e. The van der Waals surface area contributed by atoms with Crippen molar-refractivity contribution in [3.05, 3.63) is 59.2 Å². The summed E-state index contributed by atoms with van der Waals surface area (Å²) in [6.07, 6.45) is 1.40. The summed E-state index contributed by atoms with van der Waals surface area (Å²) in [5, 5.41) is 2.79. The van der Waals surface area contributed by atoms with Crippen molar-refractivity contribution in [3.8, 4) is 5.75 Å². The molecule has 146 valence electrons. The quantitative estimate of drug-likeness (QED) is 0.751. The van der Waals surface area contributed by atoms with E-state index in [1.165, 1.54) is 10.6 Å². The maximum atomic E-state index is 12.2. The van der Waals surface area contributed by atoms with Crippen LogP contribution in [0.15, 0.2) is 42.5 Å². The number of ether oxygens (including phenoxy) is 1. The summed E-state index contributed by atoms with van der Waals surface area (Å²) in [6.45, 7) is 4.25. The average Bonchev–Trinajstić information content (AvgIpc) is 2.59. The molecule has 0 saturated carbocycles. The summed E-state index contributed by atoms with van der Waals surface area (Å²) in [6, 6.07) is 12.9. The van der Waals surface area contributed by atoms with Crippen molar-refractivity contribution in [3.63, 3.8) is 0 Å². The zero-order valence-corrected chi connectivity index (χ0v) is 17.0. The summed E-state index contributed by atoms with van der Waals surface area (Å²) >= 11 is 0. The topological polar surface area (TPSA) is 75.7 Å². The lowest BCUT2D eigenvalue weighted by Gasteiger charge is -2.24. The molecular weight excluding hydrogens is 364 g/mol. The van der Waals surface area contributed by atoms with E-state index in [-0.39, 0.29) is 25.4 Å². The molecule has 0 bridgehead atoms. The van der Waals surface area contributed by atoms with Crippen LogP contribution >= 0.6 is 0 Å². The number of amides is 1. The highest BCUT2D eigenvalue weighted by Crippen LogP contribution is 2.23. The number of nitrogens with zero attached hydrogens (tertiary/aromatic N) is 1. The van der Waals surface area contributed by atoms with Crippen molar-refractivity contribution in [1.29, 1.82) is 0 Å². The second kappa shape index (κ2) is 8.90. The van der Waals surface area contributed by atoms with Crippen LogP contribution in [0.5, 0.6) is 5.75 Å². The van der Waals surface area contributed by atoms with E-state index in [0.717, 1.165) is 22.4 Å². The predicted octanol–water partition coefficient (Wildman–Crippen LogP) is 2.44. The van der Waals surface area contributed by atoms with E-state index < -0.39 is 10.0 Å². The SMILES string of the molecule is COc1ccc(CC(=O)NCCN(c2ccc(C)cc2C)S(C)(=O)=O)cc1. The average molecular weight is 391 g/mol. The molecule has 0 radical (unpaired) electrons. The molecule has 27 heavy (non-hydrogen) atoms. The largest absolute Gasteiger partial charge is 0.497 e. The molecule has 0 aliphatic rings. The van der Waals surface area contributed by atoms with Gasteiger partial charge in [-0.3, -0.25) is 9.10 Å². The molecule has 0 saturated heterocycles. The lowest BCUT2D eigenvalue weighted by Crippen LogP contribution is -2.38. The monoisotopic (exact) mass is 390 g/mol. The fourth-order valence-corrected chi connectivity index (χ4v) is 3.82. The van der Waals surface area contributed by atoms with E-state index in [4.69, 9.17) is 4.74 Å². The van der Waals surface area contributed by atoms with Crippen LogP contribution in [0.2, 0.25) is 0 Å². The van der Waals surface area contributed by atoms with Crippen LogP contribution in [-0.4, -0.2) is 40.8 Å². The third kappa shape index (κ3) is 5.99. The molecule has 0 unspecified atom stereocenters. The van der Waals surface area contributed by atoms with Crippen LogP contribution in [-0.2, 0) is 21.2 Å². The van der Waals surface area contributed by atoms with Gasteiger partial charge in [-0.2, -0.15) is 0 Å². The number of carbonyl (C=O) groups excluding carboxylic acids is 1. The van der Waals surface area contributed by atoms with Gasteiger partial charge in [0.15, 0.2) is 0 Å². The Hall–Kier alpha value is -2.54. The molecule has 2 aromatic carbocycles. The molecule has 0 fully saturated rings. The number of methoxy groups -OCH3 is 1. The number of nitrogens with one attached hydrogen (secondary N) is 1. The van der Waals surface area contributed by atoms with Crippen molar-refractivity contribution in [2.24, 2.45) is 0 Å². The molecule has 0 atom stereocenters. The van der Waals surface area contributed by atoms with Crippen LogP contribution in [0.1, 0.15) is 16.7 Å². The van der Waals surface area contributed by atoms with Gasteiger partial charge in [-0.15, -0.1) is 0 Å². The lowest BCUT2D eigenvalue weighted by atomic mass is 10.1. The number of carbonyl (C=O) groups is 1. The van der Waals surface area contributed by atoms with Gasteiger partial charge in [0.2, 0.25) is 15.9 Å². The molecule has 2 rings (SSSR count). The Balaban J connectivity index is 1.97. The molecule has 1 amide bonds. The maximum Gasteiger partial charge on any atom is 0.232 e. The zero-order chi connectivity index (χ0) is 20.0. The molecular formula is C20H26N2O4S. The first-order valence-electron chi connectivity index (χ1n) is 8.65. The summed E-state index contributed by atoms with van der Waals surface area (Å²) in [4.78, 5) is 12.1. The van der Waals surface area contributed by atoms with Crippen molar-refractivity contribution in [2.75, 3.05) is 30.8 Å². The number of rotatable bonds is 8. The van der Waals surface area contributed by atoms with Gasteiger partial charge in [-0.05, 0) is 43.2 Å². The van der Waals surface area contributed by atoms with Gasteiger partial charge in [-0.25, -0.2) is 8.42 Å². The van der Waals surface area contributed by atoms with Gasteiger partial charge >= 0.3 is 0 Å². The molecule has 2 aromatic rings. The van der Waals surface area contributed by atoms with Gasteiger partial charge in [0.25, 0.3) is 0 Å². The highest BCUT2D eigenvalue weighted by Gasteiger charge is 2.19. The number of hydrogen-bond acceptors (Lipinski definition) is 4. The lowest BCUT2D eigenvalue weighted by molar-refractivity contribution is -0.120. The predicted molar refractivity (Wildman–Crippen MR) is 108 cm³/mol. The molecule has 7 heteroatoms. The standard InChI is InChI=1S/C20H26N2O4S/c1-15-5-10-19(16(2)13-15)22(27(4,24)25)12-11-21-20(23)14-17-6-8-18(26-3)9-7-17/h5-10,13H,11-12,14H2,1-4H3,(H,21,23). The Morgan fingerprint density at radius 1 is 1.11 bits per heavy atom. The Labute approximate surface area is 161 Å². The Morgan fingerprint density at radius 3 is 2.33 bits per heavy atom. The van der Waals surface area contributed by atoms with Crippen LogP contribution < -0.4 is 14.4 Å². The highest BCUT2D eigenvalue weighted by molar-refractivity contribution is 7.92. The Kier molecular flexibility index (Phi) is 6.85. The molecule has 0 spiro atoms. The molecule has 0 aliphatic carbocycles.